The molecule has 0 radical (unpaired) electrons. The molecular weight excluding hydrogens is 387 g/mol. The number of aliphatic imine (C=N–C) groups is 1. The lowest BCUT2D eigenvalue weighted by molar-refractivity contribution is 0.188. The molecule has 1 aliphatic heterocycles. The number of likely N-dealkylation sites (tertiary alicyclic amines) is 1. The fourth-order valence-electron chi connectivity index (χ4n) is 2.09. The standard InChI is InChI=1S/C13H22N4OS.HI/c1-3-11-7-15-12(19-11)8-16-13(14-4-2)17-6-5-10(18)9-17;/h7,10,18H,3-6,8-9H2,1-2H3,(H,14,16);1H/t10-;/m1./s1. The van der Waals surface area contributed by atoms with Gasteiger partial charge in [0.25, 0.3) is 0 Å². The number of guanidine groups is 1. The van der Waals surface area contributed by atoms with Crippen LogP contribution in [-0.4, -0.2) is 46.7 Å². The molecule has 7 heteroatoms. The van der Waals surface area contributed by atoms with E-state index in [2.05, 4.69) is 34.0 Å². The van der Waals surface area contributed by atoms with Crippen molar-refractivity contribution in [2.45, 2.75) is 39.3 Å². The highest BCUT2D eigenvalue weighted by Crippen LogP contribution is 2.15. The molecular formula is C13H23IN4OS. The Kier molecular flexibility index (Phi) is 7.75. The first-order valence-corrected chi connectivity index (χ1v) is 7.69. The average molecular weight is 410 g/mol. The van der Waals surface area contributed by atoms with Gasteiger partial charge in [-0.3, -0.25) is 0 Å². The number of hydrogen-bond acceptors (Lipinski definition) is 4. The normalized spacial score (nSPS) is 19.1. The molecule has 2 N–H and O–H groups in total. The summed E-state index contributed by atoms with van der Waals surface area (Å²) in [7, 11) is 0. The number of thiazole rings is 1. The number of halogens is 1. The van der Waals surface area contributed by atoms with Crippen molar-refractivity contribution in [1.29, 1.82) is 0 Å². The van der Waals surface area contributed by atoms with Gasteiger partial charge in [0.2, 0.25) is 0 Å². The van der Waals surface area contributed by atoms with Gasteiger partial charge in [0, 0.05) is 30.7 Å². The Morgan fingerprint density at radius 1 is 1.60 bits per heavy atom. The number of aromatic nitrogens is 1. The van der Waals surface area contributed by atoms with E-state index in [0.29, 0.717) is 13.1 Å². The van der Waals surface area contributed by atoms with E-state index in [0.717, 1.165) is 36.9 Å². The number of aliphatic hydroxyl groups is 1. The minimum Gasteiger partial charge on any atom is -0.391 e. The summed E-state index contributed by atoms with van der Waals surface area (Å²) in [4.78, 5) is 12.4. The number of rotatable bonds is 4. The molecule has 0 unspecified atom stereocenters. The van der Waals surface area contributed by atoms with Crippen molar-refractivity contribution in [3.05, 3.63) is 16.1 Å². The van der Waals surface area contributed by atoms with Crippen LogP contribution in [0.4, 0.5) is 0 Å². The van der Waals surface area contributed by atoms with Crippen LogP contribution in [-0.2, 0) is 13.0 Å². The van der Waals surface area contributed by atoms with E-state index in [1.54, 1.807) is 11.3 Å². The molecule has 1 fully saturated rings. The number of nitrogens with zero attached hydrogens (tertiary/aromatic N) is 3. The van der Waals surface area contributed by atoms with Gasteiger partial charge in [-0.1, -0.05) is 6.92 Å². The summed E-state index contributed by atoms with van der Waals surface area (Å²) in [5.41, 5.74) is 0. The summed E-state index contributed by atoms with van der Waals surface area (Å²) < 4.78 is 0. The van der Waals surface area contributed by atoms with Gasteiger partial charge < -0.3 is 15.3 Å². The zero-order valence-corrected chi connectivity index (χ0v) is 15.1. The molecule has 0 aliphatic carbocycles. The molecule has 5 nitrogen and oxygen atoms in total. The maximum absolute atomic E-state index is 9.60. The second kappa shape index (κ2) is 8.78. The molecule has 0 saturated carbocycles. The van der Waals surface area contributed by atoms with E-state index < -0.39 is 0 Å². The molecule has 114 valence electrons. The maximum Gasteiger partial charge on any atom is 0.194 e. The van der Waals surface area contributed by atoms with Crippen LogP contribution in [0, 0.1) is 0 Å². The van der Waals surface area contributed by atoms with Crippen LogP contribution in [0.3, 0.4) is 0 Å². The molecule has 1 aliphatic rings. The third-order valence-electron chi connectivity index (χ3n) is 3.11. The smallest absolute Gasteiger partial charge is 0.194 e. The number of β-amino-alcohol motifs (C(OH)–C–C–N with tert-alkyl or cyclic N) is 1. The van der Waals surface area contributed by atoms with Crippen LogP contribution in [0.2, 0.25) is 0 Å². The van der Waals surface area contributed by atoms with Crippen molar-refractivity contribution in [3.63, 3.8) is 0 Å². The monoisotopic (exact) mass is 410 g/mol. The van der Waals surface area contributed by atoms with Crippen molar-refractivity contribution >= 4 is 41.3 Å². The third kappa shape index (κ3) is 4.85. The lowest BCUT2D eigenvalue weighted by Gasteiger charge is -2.20. The number of aryl methyl sites for hydroxylation is 1. The van der Waals surface area contributed by atoms with Crippen molar-refractivity contribution < 1.29 is 5.11 Å². The predicted octanol–water partition coefficient (Wildman–Crippen LogP) is 1.86. The molecule has 0 amide bonds. The lowest BCUT2D eigenvalue weighted by atomic mass is 10.3. The van der Waals surface area contributed by atoms with Crippen LogP contribution < -0.4 is 5.32 Å². The summed E-state index contributed by atoms with van der Waals surface area (Å²) in [5, 5.41) is 13.9. The van der Waals surface area contributed by atoms with Crippen molar-refractivity contribution in [3.8, 4) is 0 Å². The Bertz CT molecular complexity index is 438. The van der Waals surface area contributed by atoms with Crippen LogP contribution in [0.5, 0.6) is 0 Å². The van der Waals surface area contributed by atoms with E-state index in [9.17, 15) is 5.11 Å². The highest BCUT2D eigenvalue weighted by Gasteiger charge is 2.22. The van der Waals surface area contributed by atoms with Crippen molar-refractivity contribution in [2.24, 2.45) is 4.99 Å². The second-order valence-electron chi connectivity index (χ2n) is 4.63. The van der Waals surface area contributed by atoms with Gasteiger partial charge in [-0.05, 0) is 19.8 Å². The number of nitrogens with one attached hydrogen (secondary N) is 1. The van der Waals surface area contributed by atoms with E-state index >= 15 is 0 Å². The van der Waals surface area contributed by atoms with Gasteiger partial charge in [0.1, 0.15) is 5.01 Å². The Morgan fingerprint density at radius 2 is 2.40 bits per heavy atom. The summed E-state index contributed by atoms with van der Waals surface area (Å²) in [5.74, 6) is 0.882. The molecule has 0 bridgehead atoms. The molecule has 20 heavy (non-hydrogen) atoms. The topological polar surface area (TPSA) is 60.8 Å². The van der Waals surface area contributed by atoms with E-state index in [1.165, 1.54) is 4.88 Å². The first-order chi connectivity index (χ1) is 9.22. The molecule has 1 saturated heterocycles. The van der Waals surface area contributed by atoms with Crippen LogP contribution in [0.1, 0.15) is 30.2 Å². The van der Waals surface area contributed by atoms with Crippen molar-refractivity contribution in [1.82, 2.24) is 15.2 Å². The van der Waals surface area contributed by atoms with Crippen LogP contribution >= 0.6 is 35.3 Å². The Balaban J connectivity index is 0.00000200. The average Bonchev–Trinajstić information content (AvgIpc) is 3.03. The molecule has 0 spiro atoms. The van der Waals surface area contributed by atoms with Gasteiger partial charge in [-0.2, -0.15) is 0 Å². The fourth-order valence-corrected chi connectivity index (χ4v) is 2.87. The zero-order valence-electron chi connectivity index (χ0n) is 12.0. The van der Waals surface area contributed by atoms with Crippen LogP contribution in [0.15, 0.2) is 11.2 Å². The third-order valence-corrected chi connectivity index (χ3v) is 4.24. The van der Waals surface area contributed by atoms with Crippen LogP contribution in [0.25, 0.3) is 0 Å². The molecule has 0 aromatic carbocycles. The highest BCUT2D eigenvalue weighted by molar-refractivity contribution is 14.0. The highest BCUT2D eigenvalue weighted by atomic mass is 127. The Morgan fingerprint density at radius 3 is 2.95 bits per heavy atom. The van der Waals surface area contributed by atoms with Gasteiger partial charge in [-0.25, -0.2) is 9.98 Å². The molecule has 1 aromatic rings. The number of aliphatic hydroxyl groups excluding tert-OH is 1. The van der Waals surface area contributed by atoms with E-state index in [-0.39, 0.29) is 30.1 Å². The van der Waals surface area contributed by atoms with E-state index in [1.807, 2.05) is 6.20 Å². The van der Waals surface area contributed by atoms with Gasteiger partial charge in [0.15, 0.2) is 5.96 Å². The molecule has 2 heterocycles. The minimum atomic E-state index is -0.226. The lowest BCUT2D eigenvalue weighted by Crippen LogP contribution is -2.40. The molecule has 1 atom stereocenters. The van der Waals surface area contributed by atoms with E-state index in [4.69, 9.17) is 0 Å². The Hall–Kier alpha value is -0.410. The Labute approximate surface area is 141 Å². The first kappa shape index (κ1) is 17.6. The SMILES string of the molecule is CCNC(=NCc1ncc(CC)s1)N1CC[C@@H](O)C1.I. The van der Waals surface area contributed by atoms with Gasteiger partial charge in [-0.15, -0.1) is 35.3 Å². The predicted molar refractivity (Wildman–Crippen MR) is 93.9 cm³/mol. The second-order valence-corrected chi connectivity index (χ2v) is 5.83. The summed E-state index contributed by atoms with van der Waals surface area (Å²) >= 11 is 1.72. The summed E-state index contributed by atoms with van der Waals surface area (Å²) in [6.07, 6.45) is 3.55. The summed E-state index contributed by atoms with van der Waals surface area (Å²) in [6.45, 7) is 7.18. The summed E-state index contributed by atoms with van der Waals surface area (Å²) in [6, 6.07) is 0. The maximum atomic E-state index is 9.60. The fraction of sp³-hybridized carbons (Fsp3) is 0.692. The largest absolute Gasteiger partial charge is 0.391 e. The van der Waals surface area contributed by atoms with Gasteiger partial charge in [0.05, 0.1) is 12.6 Å². The molecule has 2 rings (SSSR count). The minimum absolute atomic E-state index is 0. The molecule has 1 aromatic heterocycles. The first-order valence-electron chi connectivity index (χ1n) is 6.87. The quantitative estimate of drug-likeness (QED) is 0.452. The zero-order chi connectivity index (χ0) is 13.7. The van der Waals surface area contributed by atoms with Crippen molar-refractivity contribution in [2.75, 3.05) is 19.6 Å². The number of hydrogen-bond donors (Lipinski definition) is 2. The van der Waals surface area contributed by atoms with Gasteiger partial charge >= 0.3 is 0 Å².